The molecule has 1 unspecified atom stereocenters. The van der Waals surface area contributed by atoms with E-state index in [2.05, 4.69) is 5.16 Å². The molecule has 112 valence electrons. The quantitative estimate of drug-likeness (QED) is 0.875. The van der Waals surface area contributed by atoms with Crippen LogP contribution < -0.4 is 0 Å². The highest BCUT2D eigenvalue weighted by Crippen LogP contribution is 2.36. The lowest BCUT2D eigenvalue weighted by Crippen LogP contribution is -2.52. The summed E-state index contributed by atoms with van der Waals surface area (Å²) in [6, 6.07) is 1.54. The summed E-state index contributed by atoms with van der Waals surface area (Å²) in [5.41, 5.74) is -1.03. The standard InChI is InChI=1S/C12H18N2O5S/c1-3-12(11(15)16)5-4-6-14(12)20(17,18)8-10-7-9(2)19-13-10/h7H,3-6,8H2,1-2H3,(H,15,16). The van der Waals surface area contributed by atoms with E-state index in [0.29, 0.717) is 24.3 Å². The molecule has 1 aliphatic rings. The van der Waals surface area contributed by atoms with Crippen molar-refractivity contribution in [3.8, 4) is 0 Å². The van der Waals surface area contributed by atoms with Gasteiger partial charge in [0.15, 0.2) is 0 Å². The number of carboxylic acids is 1. The Hall–Kier alpha value is -1.41. The summed E-state index contributed by atoms with van der Waals surface area (Å²) in [6.45, 7) is 3.61. The largest absolute Gasteiger partial charge is 0.480 e. The molecule has 8 heteroatoms. The smallest absolute Gasteiger partial charge is 0.325 e. The Bertz CT molecular complexity index is 609. The average Bonchev–Trinajstić information content (AvgIpc) is 2.95. The molecule has 1 fully saturated rings. The molecule has 0 spiro atoms. The van der Waals surface area contributed by atoms with Crippen LogP contribution >= 0.6 is 0 Å². The third-order valence-corrected chi connectivity index (χ3v) is 5.62. The highest BCUT2D eigenvalue weighted by atomic mass is 32.2. The zero-order chi connectivity index (χ0) is 15.0. The van der Waals surface area contributed by atoms with Crippen molar-refractivity contribution in [2.24, 2.45) is 0 Å². The lowest BCUT2D eigenvalue weighted by molar-refractivity contribution is -0.147. The van der Waals surface area contributed by atoms with Crippen molar-refractivity contribution in [1.82, 2.24) is 9.46 Å². The van der Waals surface area contributed by atoms with E-state index in [9.17, 15) is 18.3 Å². The summed E-state index contributed by atoms with van der Waals surface area (Å²) in [5.74, 6) is -0.895. The van der Waals surface area contributed by atoms with Crippen molar-refractivity contribution >= 4 is 16.0 Å². The Balaban J connectivity index is 2.30. The SMILES string of the molecule is CCC1(C(=O)O)CCCN1S(=O)(=O)Cc1cc(C)on1. The van der Waals surface area contributed by atoms with E-state index in [-0.39, 0.29) is 18.7 Å². The third kappa shape index (κ3) is 2.45. The Morgan fingerprint density at radius 1 is 1.60 bits per heavy atom. The molecule has 1 aromatic heterocycles. The molecular weight excluding hydrogens is 284 g/mol. The first kappa shape index (κ1) is 15.0. The molecule has 0 amide bonds. The van der Waals surface area contributed by atoms with Crippen molar-refractivity contribution in [3.63, 3.8) is 0 Å². The Kier molecular flexibility index (Phi) is 3.88. The second kappa shape index (κ2) is 5.17. The molecule has 20 heavy (non-hydrogen) atoms. The molecule has 1 atom stereocenters. The van der Waals surface area contributed by atoms with Gasteiger partial charge in [-0.25, -0.2) is 8.42 Å². The number of aromatic nitrogens is 1. The molecule has 0 aromatic carbocycles. The number of rotatable bonds is 5. The molecule has 1 aromatic rings. The van der Waals surface area contributed by atoms with Gasteiger partial charge in [-0.2, -0.15) is 4.31 Å². The fraction of sp³-hybridized carbons (Fsp3) is 0.667. The minimum Gasteiger partial charge on any atom is -0.480 e. The Morgan fingerprint density at radius 3 is 2.80 bits per heavy atom. The van der Waals surface area contributed by atoms with Gasteiger partial charge in [-0.05, 0) is 26.2 Å². The predicted octanol–water partition coefficient (Wildman–Crippen LogP) is 1.14. The molecule has 0 bridgehead atoms. The van der Waals surface area contributed by atoms with E-state index in [0.717, 1.165) is 4.31 Å². The first-order chi connectivity index (χ1) is 9.32. The number of carbonyl (C=O) groups is 1. The van der Waals surface area contributed by atoms with E-state index in [4.69, 9.17) is 4.52 Å². The second-order valence-corrected chi connectivity index (χ2v) is 6.94. The van der Waals surface area contributed by atoms with Crippen LogP contribution in [0.4, 0.5) is 0 Å². The maximum Gasteiger partial charge on any atom is 0.325 e. The first-order valence-corrected chi connectivity index (χ1v) is 8.09. The number of aliphatic carboxylic acids is 1. The summed E-state index contributed by atoms with van der Waals surface area (Å²) in [7, 11) is -3.73. The monoisotopic (exact) mass is 302 g/mol. The van der Waals surface area contributed by atoms with Gasteiger partial charge in [0.25, 0.3) is 0 Å². The molecule has 2 rings (SSSR count). The van der Waals surface area contributed by atoms with Crippen molar-refractivity contribution in [2.45, 2.75) is 44.4 Å². The molecule has 1 saturated heterocycles. The highest BCUT2D eigenvalue weighted by Gasteiger charge is 2.51. The van der Waals surface area contributed by atoms with Gasteiger partial charge in [-0.15, -0.1) is 0 Å². The minimum atomic E-state index is -3.73. The van der Waals surface area contributed by atoms with Gasteiger partial charge in [0.05, 0.1) is 0 Å². The van der Waals surface area contributed by atoms with Gasteiger partial charge in [-0.1, -0.05) is 12.1 Å². The van der Waals surface area contributed by atoms with Crippen LogP contribution in [0.5, 0.6) is 0 Å². The predicted molar refractivity (Wildman–Crippen MR) is 70.5 cm³/mol. The molecule has 2 heterocycles. The third-order valence-electron chi connectivity index (χ3n) is 3.75. The Morgan fingerprint density at radius 2 is 2.30 bits per heavy atom. The van der Waals surface area contributed by atoms with Crippen molar-refractivity contribution in [1.29, 1.82) is 0 Å². The zero-order valence-electron chi connectivity index (χ0n) is 11.5. The van der Waals surface area contributed by atoms with Gasteiger partial charge < -0.3 is 9.63 Å². The summed E-state index contributed by atoms with van der Waals surface area (Å²) >= 11 is 0. The normalized spacial score (nSPS) is 24.1. The van der Waals surface area contributed by atoms with Crippen LogP contribution in [-0.2, 0) is 20.6 Å². The van der Waals surface area contributed by atoms with Crippen LogP contribution in [0, 0.1) is 6.92 Å². The zero-order valence-corrected chi connectivity index (χ0v) is 12.3. The molecular formula is C12H18N2O5S. The second-order valence-electron chi connectivity index (χ2n) is 5.05. The molecule has 7 nitrogen and oxygen atoms in total. The molecule has 0 aliphatic carbocycles. The first-order valence-electron chi connectivity index (χ1n) is 6.48. The van der Waals surface area contributed by atoms with E-state index in [1.807, 2.05) is 0 Å². The topological polar surface area (TPSA) is 101 Å². The van der Waals surface area contributed by atoms with E-state index < -0.39 is 21.5 Å². The molecule has 0 radical (unpaired) electrons. The molecule has 1 aliphatic heterocycles. The van der Waals surface area contributed by atoms with E-state index in [1.54, 1.807) is 19.9 Å². The maximum atomic E-state index is 12.5. The minimum absolute atomic E-state index is 0.235. The van der Waals surface area contributed by atoms with Gasteiger partial charge in [-0.3, -0.25) is 4.79 Å². The van der Waals surface area contributed by atoms with Crippen molar-refractivity contribution < 1.29 is 22.8 Å². The lowest BCUT2D eigenvalue weighted by atomic mass is 9.95. The molecule has 0 saturated carbocycles. The number of carboxylic acid groups (broad SMARTS) is 1. The number of hydrogen-bond acceptors (Lipinski definition) is 5. The molecule has 1 N–H and O–H groups in total. The van der Waals surface area contributed by atoms with Crippen LogP contribution in [0.1, 0.15) is 37.6 Å². The number of nitrogens with zero attached hydrogens (tertiary/aromatic N) is 2. The summed E-state index contributed by atoms with van der Waals surface area (Å²) in [6.07, 6.45) is 1.15. The van der Waals surface area contributed by atoms with E-state index in [1.165, 1.54) is 0 Å². The van der Waals surface area contributed by atoms with Crippen molar-refractivity contribution in [2.75, 3.05) is 6.54 Å². The average molecular weight is 302 g/mol. The van der Waals surface area contributed by atoms with Crippen LogP contribution in [-0.4, -0.2) is 41.0 Å². The Labute approximate surface area is 117 Å². The highest BCUT2D eigenvalue weighted by molar-refractivity contribution is 7.88. The van der Waals surface area contributed by atoms with Crippen LogP contribution in [0.3, 0.4) is 0 Å². The summed E-state index contributed by atoms with van der Waals surface area (Å²) in [5, 5.41) is 13.1. The van der Waals surface area contributed by atoms with E-state index >= 15 is 0 Å². The summed E-state index contributed by atoms with van der Waals surface area (Å²) in [4.78, 5) is 11.5. The summed E-state index contributed by atoms with van der Waals surface area (Å²) < 4.78 is 30.9. The fourth-order valence-electron chi connectivity index (χ4n) is 2.73. The fourth-order valence-corrected chi connectivity index (χ4v) is 4.63. The number of aryl methyl sites for hydroxylation is 1. The van der Waals surface area contributed by atoms with Gasteiger partial charge in [0, 0.05) is 12.6 Å². The van der Waals surface area contributed by atoms with Crippen molar-refractivity contribution in [3.05, 3.63) is 17.5 Å². The van der Waals surface area contributed by atoms with Gasteiger partial charge in [0.1, 0.15) is 22.7 Å². The van der Waals surface area contributed by atoms with Crippen LogP contribution in [0.25, 0.3) is 0 Å². The number of hydrogen-bond donors (Lipinski definition) is 1. The lowest BCUT2D eigenvalue weighted by Gasteiger charge is -2.32. The van der Waals surface area contributed by atoms with Crippen LogP contribution in [0.15, 0.2) is 10.6 Å². The van der Waals surface area contributed by atoms with Gasteiger partial charge >= 0.3 is 5.97 Å². The maximum absolute atomic E-state index is 12.5. The van der Waals surface area contributed by atoms with Gasteiger partial charge in [0.2, 0.25) is 10.0 Å². The van der Waals surface area contributed by atoms with Crippen LogP contribution in [0.2, 0.25) is 0 Å². The number of sulfonamides is 1.